The Morgan fingerprint density at radius 3 is 2.12 bits per heavy atom. The highest BCUT2D eigenvalue weighted by molar-refractivity contribution is 5.96. The zero-order valence-electron chi connectivity index (χ0n) is 14.2. The van der Waals surface area contributed by atoms with Crippen molar-refractivity contribution in [3.63, 3.8) is 0 Å². The number of carbonyl (C=O) groups excluding carboxylic acids is 1. The van der Waals surface area contributed by atoms with Crippen LogP contribution in [0.25, 0.3) is 0 Å². The lowest BCUT2D eigenvalue weighted by Gasteiger charge is -2.15. The number of benzene rings is 1. The number of hydrogen-bond acceptors (Lipinski definition) is 2. The Bertz CT molecular complexity index is 556. The molecule has 0 heterocycles. The first kappa shape index (κ1) is 21.0. The summed E-state index contributed by atoms with van der Waals surface area (Å²) in [5.74, 6) is -1.83. The van der Waals surface area contributed by atoms with Gasteiger partial charge >= 0.3 is 12.1 Å². The molecule has 0 saturated heterocycles. The number of rotatable bonds is 10. The van der Waals surface area contributed by atoms with Crippen molar-refractivity contribution in [1.29, 1.82) is 0 Å². The molecule has 0 aliphatic heterocycles. The molecule has 1 atom stereocenters. The fraction of sp³-hybridized carbons (Fsp3) is 0.556. The Kier molecular flexibility index (Phi) is 8.45. The quantitative estimate of drug-likeness (QED) is 0.598. The topological polar surface area (TPSA) is 66.4 Å². The van der Waals surface area contributed by atoms with E-state index in [1.807, 2.05) is 0 Å². The summed E-state index contributed by atoms with van der Waals surface area (Å²) in [7, 11) is 0. The van der Waals surface area contributed by atoms with Crippen LogP contribution in [0.1, 0.15) is 67.8 Å². The Hall–Kier alpha value is -2.05. The third-order valence-electron chi connectivity index (χ3n) is 3.92. The maximum Gasteiger partial charge on any atom is 0.416 e. The van der Waals surface area contributed by atoms with Gasteiger partial charge < -0.3 is 10.4 Å². The van der Waals surface area contributed by atoms with E-state index in [0.717, 1.165) is 56.4 Å². The standard InChI is InChI=1S/C18H24F3NO3/c1-2-3-4-5-6-7-8-15(17(24)25)22-16(23)13-9-11-14(12-10-13)18(19,20)21/h9-12,15H,2-8H2,1H3,(H,22,23)(H,24,25)/t15-/m0/s1. The van der Waals surface area contributed by atoms with Gasteiger partial charge in [-0.3, -0.25) is 4.79 Å². The summed E-state index contributed by atoms with van der Waals surface area (Å²) in [6.45, 7) is 2.11. The fourth-order valence-corrected chi connectivity index (χ4v) is 2.44. The molecule has 0 spiro atoms. The lowest BCUT2D eigenvalue weighted by atomic mass is 10.0. The van der Waals surface area contributed by atoms with E-state index in [1.165, 1.54) is 0 Å². The lowest BCUT2D eigenvalue weighted by Crippen LogP contribution is -2.40. The average molecular weight is 359 g/mol. The van der Waals surface area contributed by atoms with Gasteiger partial charge in [-0.2, -0.15) is 13.2 Å². The second-order valence-corrected chi connectivity index (χ2v) is 6.00. The molecule has 0 aromatic heterocycles. The van der Waals surface area contributed by atoms with E-state index in [0.29, 0.717) is 12.8 Å². The van der Waals surface area contributed by atoms with Crippen molar-refractivity contribution in [3.8, 4) is 0 Å². The third-order valence-corrected chi connectivity index (χ3v) is 3.92. The molecule has 4 nitrogen and oxygen atoms in total. The van der Waals surface area contributed by atoms with E-state index in [9.17, 15) is 27.9 Å². The van der Waals surface area contributed by atoms with E-state index >= 15 is 0 Å². The highest BCUT2D eigenvalue weighted by Gasteiger charge is 2.30. The fourth-order valence-electron chi connectivity index (χ4n) is 2.44. The number of amides is 1. The van der Waals surface area contributed by atoms with Crippen molar-refractivity contribution >= 4 is 11.9 Å². The molecule has 0 bridgehead atoms. The highest BCUT2D eigenvalue weighted by Crippen LogP contribution is 2.29. The number of aliphatic carboxylic acids is 1. The molecule has 0 radical (unpaired) electrons. The Labute approximate surface area is 145 Å². The first-order valence-corrected chi connectivity index (χ1v) is 8.46. The number of carbonyl (C=O) groups is 2. The van der Waals surface area contributed by atoms with E-state index in [-0.39, 0.29) is 5.56 Å². The SMILES string of the molecule is CCCCCCCC[C@H](NC(=O)c1ccc(C(F)(F)F)cc1)C(=O)O. The molecule has 1 aromatic rings. The zero-order valence-corrected chi connectivity index (χ0v) is 14.2. The average Bonchev–Trinajstić information content (AvgIpc) is 2.55. The van der Waals surface area contributed by atoms with Crippen molar-refractivity contribution < 1.29 is 27.9 Å². The molecule has 7 heteroatoms. The lowest BCUT2D eigenvalue weighted by molar-refractivity contribution is -0.139. The highest BCUT2D eigenvalue weighted by atomic mass is 19.4. The summed E-state index contributed by atoms with van der Waals surface area (Å²) in [4.78, 5) is 23.3. The van der Waals surface area contributed by atoms with Gasteiger partial charge in [-0.15, -0.1) is 0 Å². The first-order valence-electron chi connectivity index (χ1n) is 8.46. The van der Waals surface area contributed by atoms with Gasteiger partial charge in [-0.05, 0) is 30.7 Å². The predicted octanol–water partition coefficient (Wildman–Crippen LogP) is 4.64. The predicted molar refractivity (Wildman–Crippen MR) is 88.3 cm³/mol. The normalized spacial score (nSPS) is 12.6. The molecule has 0 aliphatic rings. The van der Waals surface area contributed by atoms with Gasteiger partial charge in [0.15, 0.2) is 0 Å². The van der Waals surface area contributed by atoms with Crippen molar-refractivity contribution in [3.05, 3.63) is 35.4 Å². The largest absolute Gasteiger partial charge is 0.480 e. The van der Waals surface area contributed by atoms with Gasteiger partial charge in [0.05, 0.1) is 5.56 Å². The molecule has 0 unspecified atom stereocenters. The Balaban J connectivity index is 2.54. The second kappa shape index (κ2) is 10.1. The van der Waals surface area contributed by atoms with Crippen LogP contribution in [0.5, 0.6) is 0 Å². The van der Waals surface area contributed by atoms with Crippen LogP contribution in [0.2, 0.25) is 0 Å². The van der Waals surface area contributed by atoms with Gasteiger partial charge in [0.1, 0.15) is 6.04 Å². The summed E-state index contributed by atoms with van der Waals surface area (Å²) in [5, 5.41) is 11.6. The number of carboxylic acids is 1. The smallest absolute Gasteiger partial charge is 0.416 e. The van der Waals surface area contributed by atoms with Gasteiger partial charge in [0, 0.05) is 5.56 Å². The minimum absolute atomic E-state index is 0.00203. The molecule has 1 amide bonds. The summed E-state index contributed by atoms with van der Waals surface area (Å²) >= 11 is 0. The van der Waals surface area contributed by atoms with Gasteiger partial charge in [-0.25, -0.2) is 4.79 Å². The minimum Gasteiger partial charge on any atom is -0.480 e. The van der Waals surface area contributed by atoms with Crippen LogP contribution >= 0.6 is 0 Å². The van der Waals surface area contributed by atoms with Crippen LogP contribution in [0.3, 0.4) is 0 Å². The molecular weight excluding hydrogens is 335 g/mol. The molecule has 140 valence electrons. The van der Waals surface area contributed by atoms with Crippen LogP contribution in [0.15, 0.2) is 24.3 Å². The maximum absolute atomic E-state index is 12.5. The summed E-state index contributed by atoms with van der Waals surface area (Å²) in [5.41, 5.74) is -0.854. The van der Waals surface area contributed by atoms with Crippen LogP contribution in [-0.4, -0.2) is 23.0 Å². The number of halogens is 3. The van der Waals surface area contributed by atoms with E-state index in [2.05, 4.69) is 12.2 Å². The van der Waals surface area contributed by atoms with Crippen molar-refractivity contribution in [2.24, 2.45) is 0 Å². The summed E-state index contributed by atoms with van der Waals surface area (Å²) < 4.78 is 37.5. The molecule has 1 rings (SSSR count). The summed E-state index contributed by atoms with van der Waals surface area (Å²) in [6, 6.07) is 2.65. The van der Waals surface area contributed by atoms with Gasteiger partial charge in [0.25, 0.3) is 5.91 Å². The Morgan fingerprint density at radius 1 is 1.04 bits per heavy atom. The minimum atomic E-state index is -4.48. The van der Waals surface area contributed by atoms with Crippen LogP contribution in [0, 0.1) is 0 Å². The number of nitrogens with one attached hydrogen (secondary N) is 1. The van der Waals surface area contributed by atoms with Crippen molar-refractivity contribution in [1.82, 2.24) is 5.32 Å². The number of unbranched alkanes of at least 4 members (excludes halogenated alkanes) is 5. The van der Waals surface area contributed by atoms with E-state index in [1.54, 1.807) is 0 Å². The molecule has 0 fully saturated rings. The number of carboxylic acid groups (broad SMARTS) is 1. The monoisotopic (exact) mass is 359 g/mol. The molecule has 2 N–H and O–H groups in total. The molecular formula is C18H24F3NO3. The van der Waals surface area contributed by atoms with Crippen molar-refractivity contribution in [2.45, 2.75) is 64.1 Å². The van der Waals surface area contributed by atoms with E-state index < -0.39 is 29.7 Å². The number of alkyl halides is 3. The van der Waals surface area contributed by atoms with Crippen LogP contribution in [0.4, 0.5) is 13.2 Å². The number of hydrogen-bond donors (Lipinski definition) is 2. The van der Waals surface area contributed by atoms with Crippen LogP contribution < -0.4 is 5.32 Å². The molecule has 25 heavy (non-hydrogen) atoms. The summed E-state index contributed by atoms with van der Waals surface area (Å²) in [6.07, 6.45) is 1.78. The van der Waals surface area contributed by atoms with Crippen molar-refractivity contribution in [2.75, 3.05) is 0 Å². The van der Waals surface area contributed by atoms with Gasteiger partial charge in [0.2, 0.25) is 0 Å². The molecule has 1 aromatic carbocycles. The molecule has 0 aliphatic carbocycles. The zero-order chi connectivity index (χ0) is 18.9. The third kappa shape index (κ3) is 7.58. The Morgan fingerprint density at radius 2 is 1.60 bits per heavy atom. The maximum atomic E-state index is 12.5. The molecule has 0 saturated carbocycles. The second-order valence-electron chi connectivity index (χ2n) is 6.00. The van der Waals surface area contributed by atoms with Crippen LogP contribution in [-0.2, 0) is 11.0 Å². The van der Waals surface area contributed by atoms with Gasteiger partial charge in [-0.1, -0.05) is 45.4 Å². The van der Waals surface area contributed by atoms with E-state index in [4.69, 9.17) is 0 Å². The first-order chi connectivity index (χ1) is 11.8.